The molecule has 1 aromatic carbocycles. The first-order chi connectivity index (χ1) is 14.3. The lowest BCUT2D eigenvalue weighted by atomic mass is 9.85. The molecule has 2 N–H and O–H groups in total. The van der Waals surface area contributed by atoms with E-state index in [1.165, 1.54) is 0 Å². The maximum absolute atomic E-state index is 12.5. The van der Waals surface area contributed by atoms with E-state index in [0.717, 1.165) is 41.9 Å². The van der Waals surface area contributed by atoms with E-state index in [1.54, 1.807) is 6.08 Å². The van der Waals surface area contributed by atoms with E-state index >= 15 is 0 Å². The van der Waals surface area contributed by atoms with Gasteiger partial charge in [-0.05, 0) is 65.2 Å². The number of aromatic nitrogens is 2. The minimum atomic E-state index is -0.129. The monoisotopic (exact) mass is 408 g/mol. The lowest BCUT2D eigenvalue weighted by molar-refractivity contribution is -0.127. The van der Waals surface area contributed by atoms with Crippen molar-refractivity contribution in [2.75, 3.05) is 0 Å². The van der Waals surface area contributed by atoms with Crippen LogP contribution >= 0.6 is 0 Å². The number of hydrogen-bond donors (Lipinski definition) is 2. The molecular weight excluding hydrogens is 376 g/mol. The zero-order chi connectivity index (χ0) is 21.7. The molecule has 0 bridgehead atoms. The summed E-state index contributed by atoms with van der Waals surface area (Å²) in [5.41, 5.74) is 3.82. The first-order valence-corrected chi connectivity index (χ1v) is 10.8. The van der Waals surface area contributed by atoms with Crippen molar-refractivity contribution < 1.29 is 9.59 Å². The summed E-state index contributed by atoms with van der Waals surface area (Å²) in [5.74, 6) is -0.0562. The van der Waals surface area contributed by atoms with Crippen LogP contribution in [0.2, 0.25) is 0 Å². The Bertz CT molecular complexity index is 915. The number of para-hydroxylation sites is 1. The molecular formula is C24H32N4O2. The zero-order valence-electron chi connectivity index (χ0n) is 18.3. The van der Waals surface area contributed by atoms with Crippen molar-refractivity contribution in [3.63, 3.8) is 0 Å². The number of nitrogens with zero attached hydrogens (tertiary/aromatic N) is 2. The number of hydrogen-bond acceptors (Lipinski definition) is 3. The maximum atomic E-state index is 12.5. The van der Waals surface area contributed by atoms with Gasteiger partial charge in [0.25, 0.3) is 0 Å². The molecule has 1 aromatic heterocycles. The van der Waals surface area contributed by atoms with E-state index in [9.17, 15) is 9.59 Å². The van der Waals surface area contributed by atoms with Crippen LogP contribution in [0.1, 0.15) is 56.5 Å². The van der Waals surface area contributed by atoms with Crippen LogP contribution in [0, 0.1) is 19.8 Å². The standard InChI is InChI=1S/C24H32N4O2/c1-16(2)25-24(30)19-9-8-10-20(15-19)26-23(29)14-13-22-17(3)27-28(18(22)4)21-11-6-5-7-12-21/h5-7,11-14,16,19-20H,8-10,15H2,1-4H3,(H,25,30)(H,26,29)/b14-13+. The minimum absolute atomic E-state index is 0.0241. The number of nitrogens with one attached hydrogen (secondary N) is 2. The Kier molecular flexibility index (Phi) is 7.08. The Morgan fingerprint density at radius 1 is 1.17 bits per heavy atom. The minimum Gasteiger partial charge on any atom is -0.354 e. The number of benzene rings is 1. The zero-order valence-corrected chi connectivity index (χ0v) is 18.3. The van der Waals surface area contributed by atoms with Gasteiger partial charge in [-0.3, -0.25) is 9.59 Å². The highest BCUT2D eigenvalue weighted by Gasteiger charge is 2.28. The third-order valence-corrected chi connectivity index (χ3v) is 5.57. The van der Waals surface area contributed by atoms with Crippen LogP contribution in [0.15, 0.2) is 36.4 Å². The molecule has 2 amide bonds. The molecule has 6 nitrogen and oxygen atoms in total. The summed E-state index contributed by atoms with van der Waals surface area (Å²) in [6.07, 6.45) is 6.85. The van der Waals surface area contributed by atoms with Crippen molar-refractivity contribution in [1.29, 1.82) is 0 Å². The predicted octanol–water partition coefficient (Wildman–Crippen LogP) is 3.70. The average Bonchev–Trinajstić information content (AvgIpc) is 3.00. The molecule has 0 radical (unpaired) electrons. The summed E-state index contributed by atoms with van der Waals surface area (Å²) in [4.78, 5) is 24.8. The third-order valence-electron chi connectivity index (χ3n) is 5.57. The van der Waals surface area contributed by atoms with Crippen molar-refractivity contribution >= 4 is 17.9 Å². The van der Waals surface area contributed by atoms with Crippen molar-refractivity contribution in [3.05, 3.63) is 53.4 Å². The molecule has 2 atom stereocenters. The van der Waals surface area contributed by atoms with Gasteiger partial charge in [0.05, 0.1) is 11.4 Å². The Morgan fingerprint density at radius 3 is 2.60 bits per heavy atom. The van der Waals surface area contributed by atoms with Crippen LogP contribution in [-0.2, 0) is 9.59 Å². The summed E-state index contributed by atoms with van der Waals surface area (Å²) in [5, 5.41) is 10.7. The van der Waals surface area contributed by atoms with Gasteiger partial charge in [0.1, 0.15) is 0 Å². The summed E-state index contributed by atoms with van der Waals surface area (Å²) >= 11 is 0. The van der Waals surface area contributed by atoms with Crippen LogP contribution < -0.4 is 10.6 Å². The van der Waals surface area contributed by atoms with E-state index < -0.39 is 0 Å². The van der Waals surface area contributed by atoms with E-state index in [4.69, 9.17) is 0 Å². The van der Waals surface area contributed by atoms with Crippen molar-refractivity contribution in [2.24, 2.45) is 5.92 Å². The summed E-state index contributed by atoms with van der Waals surface area (Å²) in [6, 6.07) is 10.1. The fraction of sp³-hybridized carbons (Fsp3) is 0.458. The molecule has 160 valence electrons. The molecule has 2 aromatic rings. The molecule has 1 aliphatic carbocycles. The number of aryl methyl sites for hydroxylation is 1. The molecule has 0 aliphatic heterocycles. The van der Waals surface area contributed by atoms with E-state index in [0.29, 0.717) is 6.42 Å². The average molecular weight is 409 g/mol. The Balaban J connectivity index is 1.62. The largest absolute Gasteiger partial charge is 0.354 e. The maximum Gasteiger partial charge on any atom is 0.244 e. The van der Waals surface area contributed by atoms with E-state index in [2.05, 4.69) is 15.7 Å². The van der Waals surface area contributed by atoms with Crippen LogP contribution in [0.4, 0.5) is 0 Å². The molecule has 0 saturated heterocycles. The number of carbonyl (C=O) groups is 2. The summed E-state index contributed by atoms with van der Waals surface area (Å²) < 4.78 is 1.89. The van der Waals surface area contributed by atoms with Crippen LogP contribution in [0.5, 0.6) is 0 Å². The molecule has 30 heavy (non-hydrogen) atoms. The second-order valence-electron chi connectivity index (χ2n) is 8.40. The Hall–Kier alpha value is -2.89. The van der Waals surface area contributed by atoms with Gasteiger partial charge < -0.3 is 10.6 Å². The van der Waals surface area contributed by atoms with E-state index in [1.807, 2.05) is 68.8 Å². The topological polar surface area (TPSA) is 76.0 Å². The molecule has 2 unspecified atom stereocenters. The van der Waals surface area contributed by atoms with Gasteiger partial charge >= 0.3 is 0 Å². The second kappa shape index (κ2) is 9.74. The number of amides is 2. The van der Waals surface area contributed by atoms with Crippen LogP contribution in [0.3, 0.4) is 0 Å². The second-order valence-corrected chi connectivity index (χ2v) is 8.40. The Morgan fingerprint density at radius 2 is 1.90 bits per heavy atom. The molecule has 1 saturated carbocycles. The van der Waals surface area contributed by atoms with Crippen LogP contribution in [0.25, 0.3) is 11.8 Å². The lowest BCUT2D eigenvalue weighted by Gasteiger charge is -2.29. The summed E-state index contributed by atoms with van der Waals surface area (Å²) in [7, 11) is 0. The highest BCUT2D eigenvalue weighted by molar-refractivity contribution is 5.92. The van der Waals surface area contributed by atoms with E-state index in [-0.39, 0.29) is 29.8 Å². The van der Waals surface area contributed by atoms with Gasteiger partial charge in [0.15, 0.2) is 0 Å². The number of rotatable bonds is 6. The molecule has 1 aliphatic rings. The summed E-state index contributed by atoms with van der Waals surface area (Å²) in [6.45, 7) is 7.89. The van der Waals surface area contributed by atoms with Crippen molar-refractivity contribution in [2.45, 2.75) is 65.5 Å². The van der Waals surface area contributed by atoms with Crippen molar-refractivity contribution in [3.8, 4) is 5.69 Å². The fourth-order valence-electron chi connectivity index (χ4n) is 4.09. The fourth-order valence-corrected chi connectivity index (χ4v) is 4.09. The quantitative estimate of drug-likeness (QED) is 0.716. The molecule has 0 spiro atoms. The highest BCUT2D eigenvalue weighted by atomic mass is 16.2. The van der Waals surface area contributed by atoms with Gasteiger partial charge in [0.2, 0.25) is 11.8 Å². The van der Waals surface area contributed by atoms with Gasteiger partial charge in [-0.2, -0.15) is 5.10 Å². The predicted molar refractivity (Wildman–Crippen MR) is 119 cm³/mol. The van der Waals surface area contributed by atoms with Gasteiger partial charge in [-0.15, -0.1) is 0 Å². The lowest BCUT2D eigenvalue weighted by Crippen LogP contribution is -2.43. The normalized spacial score (nSPS) is 19.2. The van der Waals surface area contributed by atoms with Crippen LogP contribution in [-0.4, -0.2) is 33.7 Å². The first kappa shape index (κ1) is 21.8. The molecule has 1 fully saturated rings. The SMILES string of the molecule is Cc1nn(-c2ccccc2)c(C)c1/C=C/C(=O)NC1CCCC(C(=O)NC(C)C)C1. The van der Waals surface area contributed by atoms with Gasteiger partial charge in [0, 0.05) is 35.3 Å². The molecule has 3 rings (SSSR count). The number of carbonyl (C=O) groups excluding carboxylic acids is 2. The third kappa shape index (κ3) is 5.38. The first-order valence-electron chi connectivity index (χ1n) is 10.8. The molecule has 6 heteroatoms. The highest BCUT2D eigenvalue weighted by Crippen LogP contribution is 2.25. The molecule has 1 heterocycles. The Labute approximate surface area is 178 Å². The van der Waals surface area contributed by atoms with Gasteiger partial charge in [-0.1, -0.05) is 24.6 Å². The smallest absolute Gasteiger partial charge is 0.244 e. The van der Waals surface area contributed by atoms with Gasteiger partial charge in [-0.25, -0.2) is 4.68 Å². The van der Waals surface area contributed by atoms with Crippen molar-refractivity contribution in [1.82, 2.24) is 20.4 Å².